The van der Waals surface area contributed by atoms with Crippen molar-refractivity contribution < 1.29 is 4.92 Å². The number of nitrogens with zero attached hydrogens (tertiary/aromatic N) is 1. The molecule has 20 heavy (non-hydrogen) atoms. The van der Waals surface area contributed by atoms with Gasteiger partial charge in [-0.25, -0.2) is 0 Å². The Bertz CT molecular complexity index is 651. The van der Waals surface area contributed by atoms with Gasteiger partial charge >= 0.3 is 0 Å². The van der Waals surface area contributed by atoms with Gasteiger partial charge in [0, 0.05) is 12.6 Å². The molecule has 1 N–H and O–H groups in total. The second-order valence-corrected chi connectivity index (χ2v) is 5.05. The minimum Gasteiger partial charge on any atom is -0.375 e. The fraction of sp³-hybridized carbons (Fsp3) is 0.250. The van der Waals surface area contributed by atoms with Crippen molar-refractivity contribution in [1.82, 2.24) is 0 Å². The molecule has 0 amide bonds. The van der Waals surface area contributed by atoms with Gasteiger partial charge in [0.15, 0.2) is 0 Å². The number of nitro groups is 1. The molecule has 0 heterocycles. The third kappa shape index (κ3) is 3.15. The SMILES string of the molecule is Cc1ccc([N+](=O)[O-])c(NCc2ccc(C)c(C)c2)c1. The Morgan fingerprint density at radius 2 is 1.80 bits per heavy atom. The van der Waals surface area contributed by atoms with Crippen molar-refractivity contribution in [1.29, 1.82) is 0 Å². The Balaban J connectivity index is 2.20. The van der Waals surface area contributed by atoms with Crippen LogP contribution in [0.3, 0.4) is 0 Å². The van der Waals surface area contributed by atoms with Gasteiger partial charge in [0.1, 0.15) is 5.69 Å². The van der Waals surface area contributed by atoms with Gasteiger partial charge in [-0.1, -0.05) is 24.3 Å². The van der Waals surface area contributed by atoms with Gasteiger partial charge in [-0.05, 0) is 49.1 Å². The highest BCUT2D eigenvalue weighted by atomic mass is 16.6. The number of nitrogens with one attached hydrogen (secondary N) is 1. The molecule has 104 valence electrons. The minimum absolute atomic E-state index is 0.111. The maximum Gasteiger partial charge on any atom is 0.292 e. The number of nitro benzene ring substituents is 1. The second kappa shape index (κ2) is 5.74. The Hall–Kier alpha value is -2.36. The van der Waals surface area contributed by atoms with Gasteiger partial charge in [0.2, 0.25) is 0 Å². The summed E-state index contributed by atoms with van der Waals surface area (Å²) in [7, 11) is 0. The predicted molar refractivity (Wildman–Crippen MR) is 81.1 cm³/mol. The average molecular weight is 270 g/mol. The van der Waals surface area contributed by atoms with Crippen LogP contribution in [0.4, 0.5) is 11.4 Å². The number of benzene rings is 2. The lowest BCUT2D eigenvalue weighted by Crippen LogP contribution is -2.03. The summed E-state index contributed by atoms with van der Waals surface area (Å²) < 4.78 is 0. The molecule has 0 bridgehead atoms. The van der Waals surface area contributed by atoms with E-state index in [9.17, 15) is 10.1 Å². The molecule has 2 aromatic rings. The van der Waals surface area contributed by atoms with Crippen molar-refractivity contribution in [3.05, 3.63) is 68.8 Å². The molecule has 2 rings (SSSR count). The molecule has 0 aliphatic carbocycles. The van der Waals surface area contributed by atoms with Gasteiger partial charge in [-0.15, -0.1) is 0 Å². The summed E-state index contributed by atoms with van der Waals surface area (Å²) in [5, 5.41) is 14.2. The quantitative estimate of drug-likeness (QED) is 0.671. The summed E-state index contributed by atoms with van der Waals surface area (Å²) in [6.45, 7) is 6.63. The van der Waals surface area contributed by atoms with Crippen LogP contribution in [0.15, 0.2) is 36.4 Å². The summed E-state index contributed by atoms with van der Waals surface area (Å²) in [5.41, 5.74) is 5.26. The molecule has 0 saturated heterocycles. The summed E-state index contributed by atoms with van der Waals surface area (Å²) in [6.07, 6.45) is 0. The third-order valence-electron chi connectivity index (χ3n) is 3.40. The molecule has 0 radical (unpaired) electrons. The van der Waals surface area contributed by atoms with E-state index >= 15 is 0 Å². The van der Waals surface area contributed by atoms with Crippen LogP contribution in [0.25, 0.3) is 0 Å². The number of rotatable bonds is 4. The zero-order chi connectivity index (χ0) is 14.7. The highest BCUT2D eigenvalue weighted by Crippen LogP contribution is 2.25. The van der Waals surface area contributed by atoms with Crippen molar-refractivity contribution in [3.63, 3.8) is 0 Å². The summed E-state index contributed by atoms with van der Waals surface area (Å²) in [4.78, 5) is 10.6. The highest BCUT2D eigenvalue weighted by molar-refractivity contribution is 5.62. The van der Waals surface area contributed by atoms with Gasteiger partial charge in [-0.3, -0.25) is 10.1 Å². The van der Waals surface area contributed by atoms with Crippen molar-refractivity contribution in [2.75, 3.05) is 5.32 Å². The number of hydrogen-bond donors (Lipinski definition) is 1. The Morgan fingerprint density at radius 3 is 2.45 bits per heavy atom. The average Bonchev–Trinajstić information content (AvgIpc) is 2.40. The van der Waals surface area contributed by atoms with E-state index < -0.39 is 0 Å². The first-order valence-electron chi connectivity index (χ1n) is 6.52. The van der Waals surface area contributed by atoms with E-state index in [1.807, 2.05) is 13.0 Å². The molecule has 2 aromatic carbocycles. The molecule has 0 fully saturated rings. The van der Waals surface area contributed by atoms with Gasteiger partial charge in [0.25, 0.3) is 5.69 Å². The van der Waals surface area contributed by atoms with Crippen LogP contribution in [0.1, 0.15) is 22.3 Å². The first kappa shape index (κ1) is 14.1. The number of anilines is 1. The largest absolute Gasteiger partial charge is 0.375 e. The zero-order valence-electron chi connectivity index (χ0n) is 11.9. The van der Waals surface area contributed by atoms with E-state index in [-0.39, 0.29) is 10.6 Å². The standard InChI is InChI=1S/C16H18N2O2/c1-11-4-7-16(18(19)20)15(8-11)17-10-14-6-5-12(2)13(3)9-14/h4-9,17H,10H2,1-3H3. The highest BCUT2D eigenvalue weighted by Gasteiger charge is 2.12. The second-order valence-electron chi connectivity index (χ2n) is 5.05. The number of aryl methyl sites for hydroxylation is 3. The summed E-state index contributed by atoms with van der Waals surface area (Å²) >= 11 is 0. The Kier molecular flexibility index (Phi) is 4.03. The lowest BCUT2D eigenvalue weighted by molar-refractivity contribution is -0.384. The monoisotopic (exact) mass is 270 g/mol. The maximum absolute atomic E-state index is 11.0. The van der Waals surface area contributed by atoms with Crippen molar-refractivity contribution in [3.8, 4) is 0 Å². The van der Waals surface area contributed by atoms with E-state index in [2.05, 4.69) is 31.3 Å². The third-order valence-corrected chi connectivity index (χ3v) is 3.40. The molecular formula is C16H18N2O2. The molecule has 4 heteroatoms. The topological polar surface area (TPSA) is 55.2 Å². The van der Waals surface area contributed by atoms with Crippen LogP contribution < -0.4 is 5.32 Å². The predicted octanol–water partition coefficient (Wildman–Crippen LogP) is 4.13. The van der Waals surface area contributed by atoms with Crippen LogP contribution in [0.2, 0.25) is 0 Å². The molecule has 4 nitrogen and oxygen atoms in total. The van der Waals surface area contributed by atoms with Crippen LogP contribution >= 0.6 is 0 Å². The zero-order valence-corrected chi connectivity index (χ0v) is 11.9. The normalized spacial score (nSPS) is 10.3. The smallest absolute Gasteiger partial charge is 0.292 e. The molecular weight excluding hydrogens is 252 g/mol. The molecule has 0 spiro atoms. The van der Waals surface area contributed by atoms with Crippen molar-refractivity contribution in [2.45, 2.75) is 27.3 Å². The molecule has 0 saturated carbocycles. The van der Waals surface area contributed by atoms with E-state index in [1.165, 1.54) is 17.2 Å². The van der Waals surface area contributed by atoms with E-state index in [0.717, 1.165) is 11.1 Å². The van der Waals surface area contributed by atoms with E-state index in [1.54, 1.807) is 12.1 Å². The molecule has 0 aliphatic heterocycles. The minimum atomic E-state index is -0.359. The lowest BCUT2D eigenvalue weighted by Gasteiger charge is -2.09. The van der Waals surface area contributed by atoms with Crippen LogP contribution in [-0.2, 0) is 6.54 Å². The first-order chi connectivity index (χ1) is 9.47. The first-order valence-corrected chi connectivity index (χ1v) is 6.52. The van der Waals surface area contributed by atoms with E-state index in [0.29, 0.717) is 12.2 Å². The van der Waals surface area contributed by atoms with Crippen LogP contribution in [0, 0.1) is 30.9 Å². The fourth-order valence-corrected chi connectivity index (χ4v) is 2.06. The van der Waals surface area contributed by atoms with E-state index in [4.69, 9.17) is 0 Å². The molecule has 0 aliphatic rings. The summed E-state index contributed by atoms with van der Waals surface area (Å²) in [6, 6.07) is 11.3. The van der Waals surface area contributed by atoms with Gasteiger partial charge in [-0.2, -0.15) is 0 Å². The van der Waals surface area contributed by atoms with Crippen molar-refractivity contribution >= 4 is 11.4 Å². The lowest BCUT2D eigenvalue weighted by atomic mass is 10.1. The molecule has 0 unspecified atom stereocenters. The summed E-state index contributed by atoms with van der Waals surface area (Å²) in [5.74, 6) is 0. The maximum atomic E-state index is 11.0. The van der Waals surface area contributed by atoms with Crippen LogP contribution in [0.5, 0.6) is 0 Å². The molecule has 0 aromatic heterocycles. The van der Waals surface area contributed by atoms with Crippen molar-refractivity contribution in [2.24, 2.45) is 0 Å². The van der Waals surface area contributed by atoms with Gasteiger partial charge < -0.3 is 5.32 Å². The Labute approximate surface area is 118 Å². The molecule has 0 atom stereocenters. The van der Waals surface area contributed by atoms with Gasteiger partial charge in [0.05, 0.1) is 4.92 Å². The Morgan fingerprint density at radius 1 is 1.05 bits per heavy atom. The fourth-order valence-electron chi connectivity index (χ4n) is 2.06. The van der Waals surface area contributed by atoms with Crippen LogP contribution in [-0.4, -0.2) is 4.92 Å². The number of hydrogen-bond acceptors (Lipinski definition) is 3.